The van der Waals surface area contributed by atoms with Gasteiger partial charge in [0.2, 0.25) is 10.0 Å². The Morgan fingerprint density at radius 3 is 2.57 bits per heavy atom. The summed E-state index contributed by atoms with van der Waals surface area (Å²) < 4.78 is 39.0. The number of carboxylic acid groups (broad SMARTS) is 1. The molecule has 0 aliphatic heterocycles. The number of nitrogens with one attached hydrogen (secondary N) is 2. The van der Waals surface area contributed by atoms with E-state index in [1.807, 2.05) is 0 Å². The van der Waals surface area contributed by atoms with Crippen molar-refractivity contribution in [2.24, 2.45) is 0 Å². The second kappa shape index (κ2) is 6.02. The first-order valence-corrected chi connectivity index (χ1v) is 7.35. The number of aromatic nitrogens is 2. The second-order valence-corrected chi connectivity index (χ2v) is 5.96. The highest BCUT2D eigenvalue weighted by Gasteiger charge is 2.26. The average Bonchev–Trinajstić information content (AvgIpc) is 2.91. The summed E-state index contributed by atoms with van der Waals surface area (Å²) in [5.41, 5.74) is 0.476. The molecule has 0 fully saturated rings. The predicted octanol–water partition coefficient (Wildman–Crippen LogP) is 0.523. The van der Waals surface area contributed by atoms with Gasteiger partial charge in [-0.15, -0.1) is 0 Å². The first kappa shape index (κ1) is 15.1. The molecule has 7 nitrogen and oxygen atoms in total. The van der Waals surface area contributed by atoms with Gasteiger partial charge in [-0.05, 0) is 24.3 Å². The van der Waals surface area contributed by atoms with Crippen LogP contribution in [0.15, 0.2) is 41.7 Å². The van der Waals surface area contributed by atoms with Crippen molar-refractivity contribution in [3.63, 3.8) is 0 Å². The highest BCUT2D eigenvalue weighted by atomic mass is 32.2. The summed E-state index contributed by atoms with van der Waals surface area (Å²) in [6.45, 7) is 0. The number of hydrogen-bond donors (Lipinski definition) is 3. The number of nitrogens with zero attached hydrogens (tertiary/aromatic N) is 1. The molecule has 0 saturated heterocycles. The summed E-state index contributed by atoms with van der Waals surface area (Å²) in [6, 6.07) is 2.73. The minimum absolute atomic E-state index is 0.0875. The van der Waals surface area contributed by atoms with Crippen LogP contribution in [0.25, 0.3) is 0 Å². The molecule has 112 valence electrons. The molecule has 21 heavy (non-hydrogen) atoms. The molecule has 1 heterocycles. The van der Waals surface area contributed by atoms with Gasteiger partial charge < -0.3 is 10.1 Å². The lowest BCUT2D eigenvalue weighted by atomic mass is 10.2. The third-order valence-electron chi connectivity index (χ3n) is 2.70. The van der Waals surface area contributed by atoms with Gasteiger partial charge in [0.15, 0.2) is 0 Å². The van der Waals surface area contributed by atoms with Gasteiger partial charge in [0.05, 0.1) is 11.2 Å². The van der Waals surface area contributed by atoms with Crippen LogP contribution in [-0.2, 0) is 21.2 Å². The number of H-pyrrole nitrogens is 1. The van der Waals surface area contributed by atoms with Crippen molar-refractivity contribution in [3.05, 3.63) is 48.3 Å². The summed E-state index contributed by atoms with van der Waals surface area (Å²) in [7, 11) is -4.06. The second-order valence-electron chi connectivity index (χ2n) is 4.25. The van der Waals surface area contributed by atoms with E-state index in [0.717, 1.165) is 24.3 Å². The van der Waals surface area contributed by atoms with E-state index >= 15 is 0 Å². The summed E-state index contributed by atoms with van der Waals surface area (Å²) in [5, 5.41) is 9.11. The fraction of sp³-hybridized carbons (Fsp3) is 0.167. The molecule has 2 rings (SSSR count). The molecule has 0 amide bonds. The van der Waals surface area contributed by atoms with Crippen LogP contribution in [0, 0.1) is 5.82 Å². The molecule has 1 atom stereocenters. The Kier molecular flexibility index (Phi) is 4.34. The minimum atomic E-state index is -4.06. The van der Waals surface area contributed by atoms with Gasteiger partial charge in [-0.25, -0.2) is 17.8 Å². The van der Waals surface area contributed by atoms with Crippen LogP contribution in [-0.4, -0.2) is 35.5 Å². The first-order chi connectivity index (χ1) is 9.88. The van der Waals surface area contributed by atoms with Crippen molar-refractivity contribution in [2.75, 3.05) is 0 Å². The van der Waals surface area contributed by atoms with Gasteiger partial charge in [0, 0.05) is 18.3 Å². The fourth-order valence-electron chi connectivity index (χ4n) is 1.66. The standard InChI is InChI=1S/C12H12FN3O4S/c13-8-1-3-10(4-2-8)21(19,20)16-11(12(17)18)5-9-6-14-7-15-9/h1-4,6-7,11,16H,5H2,(H,14,15)(H,17,18). The van der Waals surface area contributed by atoms with Gasteiger partial charge in [-0.3, -0.25) is 4.79 Å². The molecule has 0 saturated carbocycles. The van der Waals surface area contributed by atoms with E-state index in [-0.39, 0.29) is 11.3 Å². The monoisotopic (exact) mass is 313 g/mol. The molecule has 0 spiro atoms. The topological polar surface area (TPSA) is 112 Å². The molecule has 0 bridgehead atoms. The number of carboxylic acids is 1. The predicted molar refractivity (Wildman–Crippen MR) is 70.4 cm³/mol. The normalized spacial score (nSPS) is 13.0. The lowest BCUT2D eigenvalue weighted by Crippen LogP contribution is -2.42. The van der Waals surface area contributed by atoms with Crippen molar-refractivity contribution in [2.45, 2.75) is 17.4 Å². The van der Waals surface area contributed by atoms with Crippen molar-refractivity contribution in [1.29, 1.82) is 0 Å². The summed E-state index contributed by atoms with van der Waals surface area (Å²) in [6.07, 6.45) is 2.68. The number of carbonyl (C=O) groups is 1. The summed E-state index contributed by atoms with van der Waals surface area (Å²) in [5.74, 6) is -1.91. The summed E-state index contributed by atoms with van der Waals surface area (Å²) in [4.78, 5) is 17.4. The lowest BCUT2D eigenvalue weighted by Gasteiger charge is -2.14. The molecule has 1 aromatic heterocycles. The van der Waals surface area contributed by atoms with Gasteiger partial charge >= 0.3 is 5.97 Å². The molecule has 0 aliphatic rings. The minimum Gasteiger partial charge on any atom is -0.480 e. The van der Waals surface area contributed by atoms with E-state index in [4.69, 9.17) is 5.11 Å². The van der Waals surface area contributed by atoms with Crippen LogP contribution >= 0.6 is 0 Å². The third-order valence-corrected chi connectivity index (χ3v) is 4.19. The SMILES string of the molecule is O=C(O)C(Cc1cnc[nH]1)NS(=O)(=O)c1ccc(F)cc1. The van der Waals surface area contributed by atoms with E-state index in [0.29, 0.717) is 5.69 Å². The Balaban J connectivity index is 2.19. The van der Waals surface area contributed by atoms with Crippen molar-refractivity contribution in [1.82, 2.24) is 14.7 Å². The van der Waals surface area contributed by atoms with E-state index in [1.165, 1.54) is 12.5 Å². The number of hydrogen-bond acceptors (Lipinski definition) is 4. The Bertz CT molecular complexity index is 713. The summed E-state index contributed by atoms with van der Waals surface area (Å²) >= 11 is 0. The molecule has 9 heteroatoms. The van der Waals surface area contributed by atoms with E-state index < -0.39 is 27.9 Å². The van der Waals surface area contributed by atoms with Crippen LogP contribution < -0.4 is 4.72 Å². The molecule has 0 aliphatic carbocycles. The van der Waals surface area contributed by atoms with E-state index in [2.05, 4.69) is 14.7 Å². The fourth-order valence-corrected chi connectivity index (χ4v) is 2.85. The lowest BCUT2D eigenvalue weighted by molar-refractivity contribution is -0.138. The molecular weight excluding hydrogens is 301 g/mol. The maximum atomic E-state index is 12.8. The zero-order chi connectivity index (χ0) is 15.5. The number of aliphatic carboxylic acids is 1. The third kappa shape index (κ3) is 3.86. The van der Waals surface area contributed by atoms with Crippen LogP contribution in [0.2, 0.25) is 0 Å². The van der Waals surface area contributed by atoms with E-state index in [1.54, 1.807) is 0 Å². The molecule has 1 aromatic carbocycles. The highest BCUT2D eigenvalue weighted by molar-refractivity contribution is 7.89. The molecule has 1 unspecified atom stereocenters. The maximum Gasteiger partial charge on any atom is 0.322 e. The molecule has 0 radical (unpaired) electrons. The van der Waals surface area contributed by atoms with E-state index in [9.17, 15) is 17.6 Å². The number of rotatable bonds is 6. The van der Waals surface area contributed by atoms with Crippen molar-refractivity contribution in [3.8, 4) is 0 Å². The number of aromatic amines is 1. The number of imidazole rings is 1. The van der Waals surface area contributed by atoms with Crippen LogP contribution in [0.1, 0.15) is 5.69 Å². The van der Waals surface area contributed by atoms with Gasteiger partial charge in [-0.2, -0.15) is 4.72 Å². The largest absolute Gasteiger partial charge is 0.480 e. The maximum absolute atomic E-state index is 12.8. The Morgan fingerprint density at radius 2 is 2.05 bits per heavy atom. The molecule has 3 N–H and O–H groups in total. The zero-order valence-corrected chi connectivity index (χ0v) is 11.5. The van der Waals surface area contributed by atoms with Crippen LogP contribution in [0.5, 0.6) is 0 Å². The molecule has 2 aromatic rings. The number of halogens is 1. The first-order valence-electron chi connectivity index (χ1n) is 5.86. The van der Waals surface area contributed by atoms with Crippen LogP contribution in [0.3, 0.4) is 0 Å². The number of benzene rings is 1. The molecular formula is C12H12FN3O4S. The smallest absolute Gasteiger partial charge is 0.322 e. The Hall–Kier alpha value is -2.26. The number of sulfonamides is 1. The highest BCUT2D eigenvalue weighted by Crippen LogP contribution is 2.11. The Labute approximate surface area is 119 Å². The average molecular weight is 313 g/mol. The van der Waals surface area contributed by atoms with Crippen molar-refractivity contribution < 1.29 is 22.7 Å². The van der Waals surface area contributed by atoms with Crippen molar-refractivity contribution >= 4 is 16.0 Å². The quantitative estimate of drug-likeness (QED) is 0.720. The Morgan fingerprint density at radius 1 is 1.38 bits per heavy atom. The van der Waals surface area contributed by atoms with Gasteiger partial charge in [-0.1, -0.05) is 0 Å². The van der Waals surface area contributed by atoms with Gasteiger partial charge in [0.1, 0.15) is 11.9 Å². The van der Waals surface area contributed by atoms with Gasteiger partial charge in [0.25, 0.3) is 0 Å². The zero-order valence-electron chi connectivity index (χ0n) is 10.7. The van der Waals surface area contributed by atoms with Crippen LogP contribution in [0.4, 0.5) is 4.39 Å².